The second-order valence-corrected chi connectivity index (χ2v) is 7.95. The molecule has 134 valence electrons. The van der Waals surface area contributed by atoms with Gasteiger partial charge in [0.1, 0.15) is 0 Å². The topological polar surface area (TPSA) is 83.0 Å². The van der Waals surface area contributed by atoms with Gasteiger partial charge < -0.3 is 15.2 Å². The number of phenolic OH excluding ortho intramolecular Hbond substituents is 1. The molecular weight excluding hydrogens is 318 g/mol. The molecule has 0 unspecified atom stereocenters. The Morgan fingerprint density at radius 3 is 2.48 bits per heavy atom. The first-order chi connectivity index (χ1) is 12.0. The lowest BCUT2D eigenvalue weighted by Gasteiger charge is -2.56. The molecule has 0 heterocycles. The number of methoxy groups -OCH3 is 1. The monoisotopic (exact) mass is 343 g/mol. The van der Waals surface area contributed by atoms with Crippen molar-refractivity contribution in [1.82, 2.24) is 10.7 Å². The molecule has 1 aromatic rings. The van der Waals surface area contributed by atoms with E-state index in [4.69, 9.17) is 4.74 Å². The van der Waals surface area contributed by atoms with E-state index in [1.807, 2.05) is 0 Å². The normalized spacial score (nSPS) is 32.8. The number of rotatable bonds is 4. The number of hydrogen-bond acceptors (Lipinski definition) is 4. The molecule has 6 heteroatoms. The summed E-state index contributed by atoms with van der Waals surface area (Å²) < 4.78 is 5.06. The summed E-state index contributed by atoms with van der Waals surface area (Å²) in [7, 11) is 1.49. The summed E-state index contributed by atoms with van der Waals surface area (Å²) in [5.74, 6) is 2.83. The van der Waals surface area contributed by atoms with E-state index in [0.717, 1.165) is 42.6 Å². The van der Waals surface area contributed by atoms with Crippen LogP contribution in [0.4, 0.5) is 4.79 Å². The SMILES string of the molecule is COc1cc(/C=N/NC(=O)NC23CC4CC(CC(C4)C2)C3)ccc1O. The minimum atomic E-state index is -0.232. The smallest absolute Gasteiger partial charge is 0.335 e. The Bertz CT molecular complexity index is 666. The van der Waals surface area contributed by atoms with Crippen LogP contribution in [0.2, 0.25) is 0 Å². The number of amides is 2. The zero-order valence-electron chi connectivity index (χ0n) is 14.5. The van der Waals surface area contributed by atoms with Gasteiger partial charge in [-0.3, -0.25) is 0 Å². The van der Waals surface area contributed by atoms with Gasteiger partial charge >= 0.3 is 6.03 Å². The van der Waals surface area contributed by atoms with Crippen LogP contribution in [0.3, 0.4) is 0 Å². The summed E-state index contributed by atoms with van der Waals surface area (Å²) in [6.07, 6.45) is 8.94. The van der Waals surface area contributed by atoms with Crippen molar-refractivity contribution < 1.29 is 14.6 Å². The molecule has 5 rings (SSSR count). The molecule has 4 fully saturated rings. The second-order valence-electron chi connectivity index (χ2n) is 7.95. The summed E-state index contributed by atoms with van der Waals surface area (Å²) in [6.45, 7) is 0. The van der Waals surface area contributed by atoms with E-state index in [9.17, 15) is 9.90 Å². The molecular formula is C19H25N3O3. The summed E-state index contributed by atoms with van der Waals surface area (Å²) in [6, 6.07) is 4.68. The number of carbonyl (C=O) groups is 1. The van der Waals surface area contributed by atoms with Gasteiger partial charge in [-0.05, 0) is 80.0 Å². The standard InChI is InChI=1S/C19H25N3O3/c1-25-17-7-12(2-3-16(17)23)11-20-22-18(24)21-19-8-13-4-14(9-19)6-15(5-13)10-19/h2-3,7,11,13-15,23H,4-6,8-10H2,1H3,(H2,21,22,24)/b20-11+. The Morgan fingerprint density at radius 1 is 1.24 bits per heavy atom. The van der Waals surface area contributed by atoms with E-state index in [-0.39, 0.29) is 17.3 Å². The van der Waals surface area contributed by atoms with Crippen molar-refractivity contribution in [2.45, 2.75) is 44.1 Å². The van der Waals surface area contributed by atoms with Gasteiger partial charge in [-0.1, -0.05) is 0 Å². The fourth-order valence-corrected chi connectivity index (χ4v) is 5.47. The summed E-state index contributed by atoms with van der Waals surface area (Å²) >= 11 is 0. The van der Waals surface area contributed by atoms with E-state index in [2.05, 4.69) is 15.8 Å². The van der Waals surface area contributed by atoms with E-state index in [1.54, 1.807) is 18.3 Å². The lowest BCUT2D eigenvalue weighted by Crippen LogP contribution is -2.61. The zero-order valence-corrected chi connectivity index (χ0v) is 14.5. The van der Waals surface area contributed by atoms with Crippen LogP contribution in [-0.4, -0.2) is 30.0 Å². The molecule has 1 aromatic carbocycles. The number of nitrogens with one attached hydrogen (secondary N) is 2. The van der Waals surface area contributed by atoms with Crippen molar-refractivity contribution in [2.75, 3.05) is 7.11 Å². The van der Waals surface area contributed by atoms with Crippen molar-refractivity contribution >= 4 is 12.2 Å². The predicted molar refractivity (Wildman–Crippen MR) is 94.8 cm³/mol. The molecule has 4 saturated carbocycles. The number of urea groups is 1. The second kappa shape index (κ2) is 6.24. The van der Waals surface area contributed by atoms with Crippen molar-refractivity contribution in [2.24, 2.45) is 22.9 Å². The first kappa shape index (κ1) is 16.2. The number of hydrogen-bond donors (Lipinski definition) is 3. The fourth-order valence-electron chi connectivity index (χ4n) is 5.47. The highest BCUT2D eigenvalue weighted by molar-refractivity contribution is 5.83. The Balaban J connectivity index is 1.35. The van der Waals surface area contributed by atoms with Crippen LogP contribution in [0.1, 0.15) is 44.1 Å². The Morgan fingerprint density at radius 2 is 1.88 bits per heavy atom. The molecule has 0 aliphatic heterocycles. The zero-order chi connectivity index (χ0) is 17.4. The Hall–Kier alpha value is -2.24. The molecule has 0 saturated heterocycles. The van der Waals surface area contributed by atoms with Gasteiger partial charge in [-0.25, -0.2) is 10.2 Å². The van der Waals surface area contributed by atoms with Crippen molar-refractivity contribution in [3.8, 4) is 11.5 Å². The van der Waals surface area contributed by atoms with Gasteiger partial charge in [0.15, 0.2) is 11.5 Å². The quantitative estimate of drug-likeness (QED) is 0.580. The minimum absolute atomic E-state index is 0.0177. The first-order valence-electron chi connectivity index (χ1n) is 9.03. The van der Waals surface area contributed by atoms with Crippen LogP contribution >= 0.6 is 0 Å². The van der Waals surface area contributed by atoms with Crippen LogP contribution < -0.4 is 15.5 Å². The average Bonchev–Trinajstić information content (AvgIpc) is 2.54. The summed E-state index contributed by atoms with van der Waals surface area (Å²) in [4.78, 5) is 12.3. The maximum atomic E-state index is 12.3. The van der Waals surface area contributed by atoms with E-state index >= 15 is 0 Å². The third kappa shape index (κ3) is 3.30. The van der Waals surface area contributed by atoms with Gasteiger partial charge in [0, 0.05) is 5.54 Å². The highest BCUT2D eigenvalue weighted by Gasteiger charge is 2.51. The van der Waals surface area contributed by atoms with Crippen molar-refractivity contribution in [3.63, 3.8) is 0 Å². The number of phenols is 1. The Kier molecular flexibility index (Phi) is 4.06. The number of carbonyl (C=O) groups excluding carboxylic acids is 1. The maximum absolute atomic E-state index is 12.3. The van der Waals surface area contributed by atoms with Crippen LogP contribution in [0.15, 0.2) is 23.3 Å². The number of aromatic hydroxyl groups is 1. The molecule has 2 amide bonds. The summed E-state index contributed by atoms with van der Waals surface area (Å²) in [5, 5.41) is 16.8. The largest absolute Gasteiger partial charge is 0.504 e. The van der Waals surface area contributed by atoms with Crippen LogP contribution in [0, 0.1) is 17.8 Å². The first-order valence-corrected chi connectivity index (χ1v) is 9.03. The fraction of sp³-hybridized carbons (Fsp3) is 0.579. The van der Waals surface area contributed by atoms with Crippen LogP contribution in [0.5, 0.6) is 11.5 Å². The third-order valence-corrected chi connectivity index (χ3v) is 6.00. The highest BCUT2D eigenvalue weighted by atomic mass is 16.5. The van der Waals surface area contributed by atoms with Crippen LogP contribution in [0.25, 0.3) is 0 Å². The van der Waals surface area contributed by atoms with Gasteiger partial charge in [0.2, 0.25) is 0 Å². The van der Waals surface area contributed by atoms with E-state index in [0.29, 0.717) is 5.75 Å². The molecule has 6 nitrogen and oxygen atoms in total. The molecule has 4 aliphatic carbocycles. The highest BCUT2D eigenvalue weighted by Crippen LogP contribution is 2.55. The van der Waals surface area contributed by atoms with E-state index in [1.165, 1.54) is 32.4 Å². The van der Waals surface area contributed by atoms with Crippen molar-refractivity contribution in [3.05, 3.63) is 23.8 Å². The molecule has 0 aromatic heterocycles. The number of benzene rings is 1. The predicted octanol–water partition coefficient (Wildman–Crippen LogP) is 3.00. The summed E-state index contributed by atoms with van der Waals surface area (Å²) in [5.41, 5.74) is 3.30. The lowest BCUT2D eigenvalue weighted by atomic mass is 9.53. The molecule has 4 bridgehead atoms. The van der Waals surface area contributed by atoms with Gasteiger partial charge in [-0.15, -0.1) is 0 Å². The maximum Gasteiger partial charge on any atom is 0.335 e. The molecule has 0 atom stereocenters. The Labute approximate surface area is 147 Å². The van der Waals surface area contributed by atoms with Crippen LogP contribution in [-0.2, 0) is 0 Å². The lowest BCUT2D eigenvalue weighted by molar-refractivity contribution is -0.0135. The molecule has 0 radical (unpaired) electrons. The minimum Gasteiger partial charge on any atom is -0.504 e. The number of nitrogens with zero attached hydrogens (tertiary/aromatic N) is 1. The van der Waals surface area contributed by atoms with Crippen molar-refractivity contribution in [1.29, 1.82) is 0 Å². The molecule has 25 heavy (non-hydrogen) atoms. The molecule has 3 N–H and O–H groups in total. The molecule has 0 spiro atoms. The third-order valence-electron chi connectivity index (χ3n) is 6.00. The number of hydrazone groups is 1. The average molecular weight is 343 g/mol. The molecule has 4 aliphatic rings. The van der Waals surface area contributed by atoms with Gasteiger partial charge in [0.25, 0.3) is 0 Å². The van der Waals surface area contributed by atoms with Gasteiger partial charge in [0.05, 0.1) is 13.3 Å². The van der Waals surface area contributed by atoms with E-state index < -0.39 is 0 Å². The number of ether oxygens (including phenoxy) is 1. The van der Waals surface area contributed by atoms with Gasteiger partial charge in [-0.2, -0.15) is 5.10 Å².